The first kappa shape index (κ1) is 14.4. The fraction of sp³-hybridized carbons (Fsp3) is 0.600. The number of aryl methyl sites for hydroxylation is 1. The summed E-state index contributed by atoms with van der Waals surface area (Å²) in [6, 6.07) is 5.81. The minimum atomic E-state index is -0.166. The van der Waals surface area contributed by atoms with Crippen molar-refractivity contribution in [3.63, 3.8) is 0 Å². The van der Waals surface area contributed by atoms with Gasteiger partial charge >= 0.3 is 0 Å². The van der Waals surface area contributed by atoms with Crippen molar-refractivity contribution in [3.8, 4) is 0 Å². The van der Waals surface area contributed by atoms with E-state index in [0.29, 0.717) is 24.8 Å². The number of hydrogen-bond acceptors (Lipinski definition) is 3. The SMILES string of the molecule is Cc1cc(C2C(CN)OCCN2C(C)C)ccc1F. The Morgan fingerprint density at radius 2 is 2.21 bits per heavy atom. The molecular formula is C15H23FN2O. The Labute approximate surface area is 114 Å². The molecule has 0 aliphatic carbocycles. The summed E-state index contributed by atoms with van der Waals surface area (Å²) in [7, 11) is 0. The summed E-state index contributed by atoms with van der Waals surface area (Å²) in [6.07, 6.45) is -0.0268. The van der Waals surface area contributed by atoms with Crippen LogP contribution in [0.5, 0.6) is 0 Å². The minimum Gasteiger partial charge on any atom is -0.374 e. The number of benzene rings is 1. The smallest absolute Gasteiger partial charge is 0.126 e. The summed E-state index contributed by atoms with van der Waals surface area (Å²) < 4.78 is 19.2. The molecule has 0 aromatic heterocycles. The third kappa shape index (κ3) is 2.96. The standard InChI is InChI=1S/C15H23FN2O/c1-10(2)18-6-7-19-14(9-17)15(18)12-4-5-13(16)11(3)8-12/h4-5,8,10,14-15H,6-7,9,17H2,1-3H3. The van der Waals surface area contributed by atoms with E-state index in [-0.39, 0.29) is 18.0 Å². The molecule has 0 spiro atoms. The van der Waals surface area contributed by atoms with Crippen LogP contribution >= 0.6 is 0 Å². The Hall–Kier alpha value is -0.970. The third-order valence-electron chi connectivity index (χ3n) is 3.81. The Balaban J connectivity index is 2.36. The first-order valence-corrected chi connectivity index (χ1v) is 6.88. The molecule has 0 bridgehead atoms. The van der Waals surface area contributed by atoms with Gasteiger partial charge in [0.15, 0.2) is 0 Å². The summed E-state index contributed by atoms with van der Waals surface area (Å²) in [4.78, 5) is 2.38. The van der Waals surface area contributed by atoms with Gasteiger partial charge in [0.25, 0.3) is 0 Å². The molecule has 1 aliphatic heterocycles. The molecule has 2 unspecified atom stereocenters. The Kier molecular flexibility index (Phi) is 4.55. The maximum Gasteiger partial charge on any atom is 0.126 e. The highest BCUT2D eigenvalue weighted by molar-refractivity contribution is 5.28. The normalized spacial score (nSPS) is 24.9. The molecule has 2 atom stereocenters. The summed E-state index contributed by atoms with van der Waals surface area (Å²) in [6.45, 7) is 8.19. The second kappa shape index (κ2) is 5.99. The van der Waals surface area contributed by atoms with Crippen LogP contribution in [0.2, 0.25) is 0 Å². The van der Waals surface area contributed by atoms with Crippen molar-refractivity contribution in [2.45, 2.75) is 39.0 Å². The molecule has 1 aromatic rings. The lowest BCUT2D eigenvalue weighted by Crippen LogP contribution is -2.50. The molecule has 0 amide bonds. The summed E-state index contributed by atoms with van der Waals surface area (Å²) in [5, 5.41) is 0. The largest absolute Gasteiger partial charge is 0.374 e. The molecule has 19 heavy (non-hydrogen) atoms. The maximum absolute atomic E-state index is 13.4. The van der Waals surface area contributed by atoms with E-state index in [1.165, 1.54) is 6.07 Å². The second-order valence-electron chi connectivity index (χ2n) is 5.43. The lowest BCUT2D eigenvalue weighted by atomic mass is 9.95. The molecule has 106 valence electrons. The van der Waals surface area contributed by atoms with Crippen molar-refractivity contribution in [2.24, 2.45) is 5.73 Å². The van der Waals surface area contributed by atoms with Gasteiger partial charge in [-0.25, -0.2) is 4.39 Å². The molecule has 2 N–H and O–H groups in total. The summed E-state index contributed by atoms with van der Waals surface area (Å²) in [5.41, 5.74) is 7.59. The first-order chi connectivity index (χ1) is 9.04. The Morgan fingerprint density at radius 1 is 1.47 bits per heavy atom. The number of nitrogens with two attached hydrogens (primary N) is 1. The predicted octanol–water partition coefficient (Wildman–Crippen LogP) is 2.24. The first-order valence-electron chi connectivity index (χ1n) is 6.88. The van der Waals surface area contributed by atoms with E-state index in [4.69, 9.17) is 10.5 Å². The predicted molar refractivity (Wildman–Crippen MR) is 74.5 cm³/mol. The fourth-order valence-electron chi connectivity index (χ4n) is 2.79. The summed E-state index contributed by atoms with van der Waals surface area (Å²) in [5.74, 6) is -0.166. The van der Waals surface area contributed by atoms with Crippen molar-refractivity contribution in [3.05, 3.63) is 35.1 Å². The average Bonchev–Trinajstić information content (AvgIpc) is 2.41. The molecule has 2 rings (SSSR count). The van der Waals surface area contributed by atoms with E-state index < -0.39 is 0 Å². The quantitative estimate of drug-likeness (QED) is 0.912. The zero-order chi connectivity index (χ0) is 14.0. The van der Waals surface area contributed by atoms with Crippen molar-refractivity contribution in [2.75, 3.05) is 19.7 Å². The number of nitrogens with zero attached hydrogens (tertiary/aromatic N) is 1. The lowest BCUT2D eigenvalue weighted by molar-refractivity contribution is -0.0789. The van der Waals surface area contributed by atoms with E-state index >= 15 is 0 Å². The molecule has 0 saturated carbocycles. The molecule has 0 radical (unpaired) electrons. The average molecular weight is 266 g/mol. The zero-order valence-electron chi connectivity index (χ0n) is 11.9. The van der Waals surface area contributed by atoms with E-state index in [2.05, 4.69) is 18.7 Å². The Morgan fingerprint density at radius 3 is 2.79 bits per heavy atom. The van der Waals surface area contributed by atoms with E-state index in [9.17, 15) is 4.39 Å². The van der Waals surface area contributed by atoms with Gasteiger partial charge in [-0.05, 0) is 38.0 Å². The third-order valence-corrected chi connectivity index (χ3v) is 3.81. The topological polar surface area (TPSA) is 38.5 Å². The number of halogens is 1. The van der Waals surface area contributed by atoms with Crippen molar-refractivity contribution >= 4 is 0 Å². The van der Waals surface area contributed by atoms with Crippen LogP contribution < -0.4 is 5.73 Å². The van der Waals surface area contributed by atoms with Gasteiger partial charge in [0.1, 0.15) is 5.82 Å². The molecule has 4 heteroatoms. The van der Waals surface area contributed by atoms with Gasteiger partial charge < -0.3 is 10.5 Å². The molecule has 1 aliphatic rings. The van der Waals surface area contributed by atoms with E-state index in [1.54, 1.807) is 6.92 Å². The van der Waals surface area contributed by atoms with Crippen molar-refractivity contribution < 1.29 is 9.13 Å². The Bertz CT molecular complexity index is 436. The van der Waals surface area contributed by atoms with E-state index in [0.717, 1.165) is 12.1 Å². The summed E-state index contributed by atoms with van der Waals surface area (Å²) >= 11 is 0. The monoisotopic (exact) mass is 266 g/mol. The van der Waals surface area contributed by atoms with Crippen LogP contribution in [0.1, 0.15) is 31.0 Å². The molecule has 1 fully saturated rings. The van der Waals surface area contributed by atoms with Gasteiger partial charge in [0.2, 0.25) is 0 Å². The molecule has 3 nitrogen and oxygen atoms in total. The van der Waals surface area contributed by atoms with Gasteiger partial charge in [-0.1, -0.05) is 12.1 Å². The molecule has 1 aromatic carbocycles. The maximum atomic E-state index is 13.4. The van der Waals surface area contributed by atoms with Gasteiger partial charge in [-0.15, -0.1) is 0 Å². The second-order valence-corrected chi connectivity index (χ2v) is 5.43. The van der Waals surface area contributed by atoms with Crippen molar-refractivity contribution in [1.29, 1.82) is 0 Å². The van der Waals surface area contributed by atoms with Gasteiger partial charge in [-0.3, -0.25) is 4.90 Å². The number of hydrogen-bond donors (Lipinski definition) is 1. The minimum absolute atomic E-state index is 0.0268. The number of rotatable bonds is 3. The zero-order valence-corrected chi connectivity index (χ0v) is 11.9. The van der Waals surface area contributed by atoms with Crippen LogP contribution in [0.3, 0.4) is 0 Å². The molecule has 1 heterocycles. The van der Waals surface area contributed by atoms with Crippen LogP contribution in [-0.2, 0) is 4.74 Å². The molecular weight excluding hydrogens is 243 g/mol. The highest BCUT2D eigenvalue weighted by atomic mass is 19.1. The van der Waals surface area contributed by atoms with Crippen LogP contribution in [0, 0.1) is 12.7 Å². The number of morpholine rings is 1. The lowest BCUT2D eigenvalue weighted by Gasteiger charge is -2.43. The number of ether oxygens (including phenoxy) is 1. The highest BCUT2D eigenvalue weighted by Crippen LogP contribution is 2.31. The van der Waals surface area contributed by atoms with Crippen LogP contribution in [-0.4, -0.2) is 36.7 Å². The fourth-order valence-corrected chi connectivity index (χ4v) is 2.79. The molecule has 1 saturated heterocycles. The van der Waals surface area contributed by atoms with Crippen molar-refractivity contribution in [1.82, 2.24) is 4.90 Å². The highest BCUT2D eigenvalue weighted by Gasteiger charge is 2.34. The van der Waals surface area contributed by atoms with Crippen LogP contribution in [0.15, 0.2) is 18.2 Å². The van der Waals surface area contributed by atoms with Crippen LogP contribution in [0.4, 0.5) is 4.39 Å². The van der Waals surface area contributed by atoms with Crippen LogP contribution in [0.25, 0.3) is 0 Å². The van der Waals surface area contributed by atoms with Gasteiger partial charge in [-0.2, -0.15) is 0 Å². The van der Waals surface area contributed by atoms with E-state index in [1.807, 2.05) is 12.1 Å². The van der Waals surface area contributed by atoms with Gasteiger partial charge in [0, 0.05) is 19.1 Å². The van der Waals surface area contributed by atoms with Gasteiger partial charge in [0.05, 0.1) is 18.8 Å².